The SMILES string of the molecule is CN(C)c1ccc(C=Cc2cc(-c3ccccc3)cc(-c3ccc(Br)cc3)[n+]2C)cc1.[I-]. The molecule has 4 heteroatoms. The van der Waals surface area contributed by atoms with Gasteiger partial charge in [0.2, 0.25) is 11.4 Å². The summed E-state index contributed by atoms with van der Waals surface area (Å²) in [5.74, 6) is 0. The normalized spacial score (nSPS) is 10.8. The molecule has 0 unspecified atom stereocenters. The Bertz CT molecular complexity index is 1200. The average Bonchev–Trinajstić information content (AvgIpc) is 2.80. The Morgan fingerprint density at radius 3 is 2.00 bits per heavy atom. The van der Waals surface area contributed by atoms with E-state index in [-0.39, 0.29) is 24.0 Å². The molecule has 4 rings (SSSR count). The third-order valence-electron chi connectivity index (χ3n) is 5.45. The molecule has 4 aromatic rings. The zero-order chi connectivity index (χ0) is 21.8. The number of hydrogen-bond acceptors (Lipinski definition) is 1. The Kier molecular flexibility index (Phi) is 8.26. The van der Waals surface area contributed by atoms with Gasteiger partial charge in [0, 0.05) is 48.0 Å². The van der Waals surface area contributed by atoms with Crippen LogP contribution < -0.4 is 33.4 Å². The molecule has 0 amide bonds. The first kappa shape index (κ1) is 24.2. The number of rotatable bonds is 5. The van der Waals surface area contributed by atoms with Crippen molar-refractivity contribution in [3.63, 3.8) is 0 Å². The Hall–Kier alpha value is -2.44. The van der Waals surface area contributed by atoms with E-state index >= 15 is 0 Å². The minimum atomic E-state index is 0. The predicted octanol–water partition coefficient (Wildman–Crippen LogP) is 3.85. The standard InChI is InChI=1S/C28H26BrN2.HI/c1-30(2)26-16-9-21(10-17-26)11-18-27-19-24(22-7-5-4-6-8-22)20-28(31(27)3)23-12-14-25(29)15-13-23;/h4-20H,1-3H3;1H/q+1;/p-1. The lowest BCUT2D eigenvalue weighted by Crippen LogP contribution is -3.00. The molecular weight excluding hydrogens is 571 g/mol. The Morgan fingerprint density at radius 1 is 0.719 bits per heavy atom. The molecule has 32 heavy (non-hydrogen) atoms. The minimum absolute atomic E-state index is 0. The van der Waals surface area contributed by atoms with Gasteiger partial charge in [0.1, 0.15) is 7.05 Å². The quantitative estimate of drug-likeness (QED) is 0.251. The van der Waals surface area contributed by atoms with Crippen LogP contribution in [-0.4, -0.2) is 14.1 Å². The molecule has 0 bridgehead atoms. The van der Waals surface area contributed by atoms with Crippen LogP contribution in [-0.2, 0) is 7.05 Å². The molecule has 0 N–H and O–H groups in total. The topological polar surface area (TPSA) is 7.12 Å². The van der Waals surface area contributed by atoms with Gasteiger partial charge in [0.25, 0.3) is 0 Å². The van der Waals surface area contributed by atoms with Gasteiger partial charge in [0.05, 0.1) is 0 Å². The summed E-state index contributed by atoms with van der Waals surface area (Å²) in [7, 11) is 6.24. The average molecular weight is 597 g/mol. The van der Waals surface area contributed by atoms with E-state index in [4.69, 9.17) is 0 Å². The second-order valence-electron chi connectivity index (χ2n) is 7.81. The molecule has 2 nitrogen and oxygen atoms in total. The number of benzene rings is 3. The van der Waals surface area contributed by atoms with Crippen molar-refractivity contribution in [2.75, 3.05) is 19.0 Å². The number of anilines is 1. The van der Waals surface area contributed by atoms with Crippen LogP contribution in [0.3, 0.4) is 0 Å². The van der Waals surface area contributed by atoms with Crippen molar-refractivity contribution in [1.29, 1.82) is 0 Å². The van der Waals surface area contributed by atoms with Gasteiger partial charge < -0.3 is 28.9 Å². The number of aromatic nitrogens is 1. The van der Waals surface area contributed by atoms with Crippen molar-refractivity contribution in [2.45, 2.75) is 0 Å². The fourth-order valence-electron chi connectivity index (χ4n) is 3.60. The third kappa shape index (κ3) is 5.67. The van der Waals surface area contributed by atoms with E-state index < -0.39 is 0 Å². The molecule has 0 saturated heterocycles. The van der Waals surface area contributed by atoms with Crippen molar-refractivity contribution in [2.24, 2.45) is 7.05 Å². The molecule has 0 radical (unpaired) electrons. The third-order valence-corrected chi connectivity index (χ3v) is 5.98. The molecule has 0 saturated carbocycles. The van der Waals surface area contributed by atoms with Crippen molar-refractivity contribution in [3.8, 4) is 22.4 Å². The van der Waals surface area contributed by atoms with Gasteiger partial charge in [-0.1, -0.05) is 58.4 Å². The first-order chi connectivity index (χ1) is 15.0. The molecule has 0 atom stereocenters. The molecule has 162 valence electrons. The molecule has 0 aliphatic carbocycles. The number of halogens is 2. The summed E-state index contributed by atoms with van der Waals surface area (Å²) in [6, 6.07) is 32.2. The molecule has 0 spiro atoms. The summed E-state index contributed by atoms with van der Waals surface area (Å²) < 4.78 is 3.33. The van der Waals surface area contributed by atoms with E-state index in [0.717, 1.165) is 10.2 Å². The maximum absolute atomic E-state index is 3.55. The highest BCUT2D eigenvalue weighted by Gasteiger charge is 2.16. The Labute approximate surface area is 216 Å². The molecule has 0 aliphatic heterocycles. The summed E-state index contributed by atoms with van der Waals surface area (Å²) in [6.45, 7) is 0. The lowest BCUT2D eigenvalue weighted by Gasteiger charge is -2.11. The second-order valence-corrected chi connectivity index (χ2v) is 8.72. The smallest absolute Gasteiger partial charge is 0.213 e. The zero-order valence-electron chi connectivity index (χ0n) is 18.5. The Balaban J connectivity index is 0.00000289. The highest BCUT2D eigenvalue weighted by atomic mass is 127. The highest BCUT2D eigenvalue weighted by Crippen LogP contribution is 2.26. The van der Waals surface area contributed by atoms with Crippen molar-refractivity contribution >= 4 is 33.8 Å². The molecule has 0 aliphatic rings. The van der Waals surface area contributed by atoms with Gasteiger partial charge in [-0.15, -0.1) is 0 Å². The molecule has 1 heterocycles. The lowest BCUT2D eigenvalue weighted by atomic mass is 10.0. The van der Waals surface area contributed by atoms with E-state index in [1.54, 1.807) is 0 Å². The lowest BCUT2D eigenvalue weighted by molar-refractivity contribution is -0.662. The number of hydrogen-bond donors (Lipinski definition) is 0. The second kappa shape index (κ2) is 10.9. The van der Waals surface area contributed by atoms with Crippen LogP contribution in [0.2, 0.25) is 0 Å². The van der Waals surface area contributed by atoms with Crippen LogP contribution in [0.1, 0.15) is 11.3 Å². The summed E-state index contributed by atoms with van der Waals surface area (Å²) in [6.07, 6.45) is 4.37. The summed E-state index contributed by atoms with van der Waals surface area (Å²) >= 11 is 3.55. The first-order valence-corrected chi connectivity index (χ1v) is 11.1. The van der Waals surface area contributed by atoms with Gasteiger partial charge in [-0.25, -0.2) is 0 Å². The molecule has 1 aromatic heterocycles. The van der Waals surface area contributed by atoms with Crippen LogP contribution >= 0.6 is 15.9 Å². The monoisotopic (exact) mass is 596 g/mol. The van der Waals surface area contributed by atoms with Gasteiger partial charge in [-0.05, 0) is 59.2 Å². The van der Waals surface area contributed by atoms with Crippen molar-refractivity contribution in [1.82, 2.24) is 0 Å². The summed E-state index contributed by atoms with van der Waals surface area (Å²) in [5, 5.41) is 0. The summed E-state index contributed by atoms with van der Waals surface area (Å²) in [5.41, 5.74) is 8.32. The molecule has 0 fully saturated rings. The van der Waals surface area contributed by atoms with Crippen LogP contribution in [0.5, 0.6) is 0 Å². The van der Waals surface area contributed by atoms with Gasteiger partial charge >= 0.3 is 0 Å². The zero-order valence-corrected chi connectivity index (χ0v) is 22.2. The first-order valence-electron chi connectivity index (χ1n) is 10.3. The van der Waals surface area contributed by atoms with Crippen LogP contribution in [0.25, 0.3) is 34.5 Å². The fourth-order valence-corrected chi connectivity index (χ4v) is 3.87. The molecule has 3 aromatic carbocycles. The van der Waals surface area contributed by atoms with E-state index in [1.165, 1.54) is 33.6 Å². The highest BCUT2D eigenvalue weighted by molar-refractivity contribution is 9.10. The largest absolute Gasteiger partial charge is 1.00 e. The van der Waals surface area contributed by atoms with E-state index in [2.05, 4.69) is 150 Å². The van der Waals surface area contributed by atoms with Gasteiger partial charge in [-0.2, -0.15) is 4.57 Å². The maximum Gasteiger partial charge on any atom is 0.213 e. The minimum Gasteiger partial charge on any atom is -1.00 e. The Morgan fingerprint density at radius 2 is 1.38 bits per heavy atom. The van der Waals surface area contributed by atoms with Crippen LogP contribution in [0.4, 0.5) is 5.69 Å². The van der Waals surface area contributed by atoms with Crippen molar-refractivity contribution < 1.29 is 28.5 Å². The number of nitrogens with zero attached hydrogens (tertiary/aromatic N) is 2. The molecular formula is C28H26BrIN2. The maximum atomic E-state index is 3.55. The van der Waals surface area contributed by atoms with Gasteiger partial charge in [0.15, 0.2) is 0 Å². The van der Waals surface area contributed by atoms with Crippen LogP contribution in [0.15, 0.2) is 95.5 Å². The van der Waals surface area contributed by atoms with E-state index in [9.17, 15) is 0 Å². The van der Waals surface area contributed by atoms with Crippen molar-refractivity contribution in [3.05, 3.63) is 107 Å². The number of pyridine rings is 1. The van der Waals surface area contributed by atoms with E-state index in [1.807, 2.05) is 0 Å². The van der Waals surface area contributed by atoms with Crippen LogP contribution in [0, 0.1) is 0 Å². The van der Waals surface area contributed by atoms with E-state index in [0.29, 0.717) is 0 Å². The fraction of sp³-hybridized carbons (Fsp3) is 0.107. The summed E-state index contributed by atoms with van der Waals surface area (Å²) in [4.78, 5) is 2.11. The predicted molar refractivity (Wildman–Crippen MR) is 136 cm³/mol. The van der Waals surface area contributed by atoms with Gasteiger partial charge in [-0.3, -0.25) is 0 Å².